The molecule has 152 valence electrons. The summed E-state index contributed by atoms with van der Waals surface area (Å²) in [4.78, 5) is 23.8. The maximum Gasteiger partial charge on any atom is 0.453 e. The average molecular weight is 422 g/mol. The first-order valence-corrected chi connectivity index (χ1v) is 8.31. The van der Waals surface area contributed by atoms with Crippen LogP contribution >= 0.6 is 11.3 Å². The molecule has 0 unspecified atom stereocenters. The Balaban J connectivity index is 2.76. The van der Waals surface area contributed by atoms with E-state index >= 15 is 0 Å². The van der Waals surface area contributed by atoms with Gasteiger partial charge in [0.05, 0.1) is 12.0 Å². The quantitative estimate of drug-likeness (QED) is 0.727. The summed E-state index contributed by atoms with van der Waals surface area (Å²) in [6.45, 7) is -1.07. The molecule has 0 amide bonds. The van der Waals surface area contributed by atoms with Crippen LogP contribution in [0.5, 0.6) is 0 Å². The van der Waals surface area contributed by atoms with Crippen LogP contribution in [0.25, 0.3) is 10.2 Å². The van der Waals surface area contributed by atoms with Gasteiger partial charge in [-0.3, -0.25) is 13.9 Å². The molecule has 0 aliphatic rings. The Bertz CT molecular complexity index is 959. The van der Waals surface area contributed by atoms with Gasteiger partial charge in [-0.15, -0.1) is 11.3 Å². The number of hydrogen-bond donors (Lipinski definition) is 1. The second-order valence-electron chi connectivity index (χ2n) is 5.51. The van der Waals surface area contributed by atoms with Crippen molar-refractivity contribution in [2.24, 2.45) is 0 Å². The van der Waals surface area contributed by atoms with E-state index in [1.54, 1.807) is 0 Å². The van der Waals surface area contributed by atoms with E-state index in [0.29, 0.717) is 20.5 Å². The van der Waals surface area contributed by atoms with E-state index in [1.165, 1.54) is 6.92 Å². The summed E-state index contributed by atoms with van der Waals surface area (Å²) in [5, 5.41) is 8.55. The molecule has 2 aromatic heterocycles. The maximum atomic E-state index is 13.3. The lowest BCUT2D eigenvalue weighted by molar-refractivity contribution is -0.285. The molecule has 1 N–H and O–H groups in total. The number of halogens is 7. The molecule has 2 heterocycles. The molecule has 13 heteroatoms. The van der Waals surface area contributed by atoms with Crippen LogP contribution in [0.15, 0.2) is 9.59 Å². The van der Waals surface area contributed by atoms with E-state index in [1.807, 2.05) is 0 Å². The van der Waals surface area contributed by atoms with E-state index in [0.717, 1.165) is 0 Å². The zero-order valence-corrected chi connectivity index (χ0v) is 14.4. The second-order valence-corrected chi connectivity index (χ2v) is 6.60. The molecule has 0 aromatic carbocycles. The number of rotatable bonds is 6. The standard InChI is InChI=1S/C14H13F7N2O3S/c1-2-22-10(25)8-7(9(15)16)6(5-24)27-11(8)23(12(22)26)4-3-13(17,18)14(19,20)21/h9,24H,2-5H2,1H3. The van der Waals surface area contributed by atoms with Crippen LogP contribution in [0.4, 0.5) is 30.7 Å². The zero-order valence-electron chi connectivity index (χ0n) is 13.6. The summed E-state index contributed by atoms with van der Waals surface area (Å²) in [6.07, 6.45) is -10.9. The van der Waals surface area contributed by atoms with Crippen molar-refractivity contribution in [3.8, 4) is 0 Å². The summed E-state index contributed by atoms with van der Waals surface area (Å²) < 4.78 is 91.1. The van der Waals surface area contributed by atoms with Gasteiger partial charge in [-0.25, -0.2) is 13.6 Å². The lowest BCUT2D eigenvalue weighted by atomic mass is 10.2. The Morgan fingerprint density at radius 1 is 1.11 bits per heavy atom. The van der Waals surface area contributed by atoms with Crippen molar-refractivity contribution >= 4 is 21.6 Å². The van der Waals surface area contributed by atoms with E-state index in [2.05, 4.69) is 0 Å². The van der Waals surface area contributed by atoms with E-state index in [4.69, 9.17) is 0 Å². The molecule has 0 atom stereocenters. The summed E-state index contributed by atoms with van der Waals surface area (Å²) in [5.74, 6) is -5.12. The zero-order chi connectivity index (χ0) is 20.7. The molecular formula is C14H13F7N2O3S. The molecule has 0 spiro atoms. The SMILES string of the molecule is CCn1c(=O)c2c(C(F)F)c(CO)sc2n(CCC(F)(F)C(F)(F)F)c1=O. The van der Waals surface area contributed by atoms with E-state index in [9.17, 15) is 45.4 Å². The Kier molecular flexibility index (Phi) is 5.76. The molecule has 2 aromatic rings. The first-order valence-electron chi connectivity index (χ1n) is 7.49. The van der Waals surface area contributed by atoms with Crippen LogP contribution < -0.4 is 11.2 Å². The molecule has 5 nitrogen and oxygen atoms in total. The van der Waals surface area contributed by atoms with Gasteiger partial charge in [-0.05, 0) is 6.92 Å². The highest BCUT2D eigenvalue weighted by Gasteiger charge is 2.56. The predicted octanol–water partition coefficient (Wildman–Crippen LogP) is 3.26. The molecule has 0 radical (unpaired) electrons. The van der Waals surface area contributed by atoms with E-state index in [-0.39, 0.29) is 11.4 Å². The van der Waals surface area contributed by atoms with Crippen molar-refractivity contribution in [1.82, 2.24) is 9.13 Å². The number of aliphatic hydroxyl groups is 1. The minimum absolute atomic E-state index is 0.309. The topological polar surface area (TPSA) is 64.2 Å². The normalized spacial score (nSPS) is 13.1. The fourth-order valence-corrected chi connectivity index (χ4v) is 3.72. The van der Waals surface area contributed by atoms with Crippen LogP contribution in [0.3, 0.4) is 0 Å². The average Bonchev–Trinajstić information content (AvgIpc) is 2.93. The Labute approximate surface area is 150 Å². The molecule has 27 heavy (non-hydrogen) atoms. The number of aromatic nitrogens is 2. The highest BCUT2D eigenvalue weighted by atomic mass is 32.1. The predicted molar refractivity (Wildman–Crippen MR) is 82.5 cm³/mol. The number of thiophene rings is 1. The van der Waals surface area contributed by atoms with Gasteiger partial charge in [0.1, 0.15) is 4.83 Å². The van der Waals surface area contributed by atoms with Crippen molar-refractivity contribution in [3.05, 3.63) is 31.3 Å². The lowest BCUT2D eigenvalue weighted by Crippen LogP contribution is -2.42. The first kappa shape index (κ1) is 21.4. The van der Waals surface area contributed by atoms with Gasteiger partial charge in [-0.2, -0.15) is 22.0 Å². The summed E-state index contributed by atoms with van der Waals surface area (Å²) >= 11 is 0.378. The molecule has 0 aliphatic heterocycles. The van der Waals surface area contributed by atoms with Crippen molar-refractivity contribution in [2.45, 2.75) is 51.6 Å². The third-order valence-electron chi connectivity index (χ3n) is 3.91. The Morgan fingerprint density at radius 2 is 1.70 bits per heavy atom. The van der Waals surface area contributed by atoms with Crippen molar-refractivity contribution in [1.29, 1.82) is 0 Å². The third kappa shape index (κ3) is 3.61. The number of aryl methyl sites for hydroxylation is 1. The number of hydrogen-bond acceptors (Lipinski definition) is 4. The fraction of sp³-hybridized carbons (Fsp3) is 0.571. The third-order valence-corrected chi connectivity index (χ3v) is 5.12. The second kappa shape index (κ2) is 7.26. The van der Waals surface area contributed by atoms with Gasteiger partial charge in [0.15, 0.2) is 0 Å². The van der Waals surface area contributed by atoms with Crippen LogP contribution in [0, 0.1) is 0 Å². The monoisotopic (exact) mass is 422 g/mol. The van der Waals surface area contributed by atoms with Gasteiger partial charge in [0, 0.05) is 30.0 Å². The highest BCUT2D eigenvalue weighted by molar-refractivity contribution is 7.18. The molecule has 0 bridgehead atoms. The van der Waals surface area contributed by atoms with Gasteiger partial charge in [0.2, 0.25) is 0 Å². The van der Waals surface area contributed by atoms with Crippen molar-refractivity contribution in [3.63, 3.8) is 0 Å². The Hall–Kier alpha value is -1.89. The fourth-order valence-electron chi connectivity index (χ4n) is 2.55. The van der Waals surface area contributed by atoms with Gasteiger partial charge < -0.3 is 5.11 Å². The summed E-state index contributed by atoms with van der Waals surface area (Å²) in [7, 11) is 0. The summed E-state index contributed by atoms with van der Waals surface area (Å²) in [5.41, 5.74) is -3.18. The molecule has 0 saturated heterocycles. The summed E-state index contributed by atoms with van der Waals surface area (Å²) in [6, 6.07) is 0. The minimum atomic E-state index is -5.85. The van der Waals surface area contributed by atoms with Crippen LogP contribution in [-0.4, -0.2) is 26.3 Å². The number of nitrogens with zero attached hydrogens (tertiary/aromatic N) is 2. The van der Waals surface area contributed by atoms with Gasteiger partial charge in [-0.1, -0.05) is 0 Å². The molecule has 0 aliphatic carbocycles. The minimum Gasteiger partial charge on any atom is -0.391 e. The van der Waals surface area contributed by atoms with Crippen molar-refractivity contribution < 1.29 is 35.8 Å². The van der Waals surface area contributed by atoms with Gasteiger partial charge >= 0.3 is 17.8 Å². The van der Waals surface area contributed by atoms with Gasteiger partial charge in [0.25, 0.3) is 12.0 Å². The van der Waals surface area contributed by atoms with E-state index < -0.39 is 65.1 Å². The number of alkyl halides is 7. The first-order chi connectivity index (χ1) is 12.4. The molecule has 2 rings (SSSR count). The number of fused-ring (bicyclic) bond motifs is 1. The molecule has 0 saturated carbocycles. The molecule has 0 fully saturated rings. The van der Waals surface area contributed by atoms with Crippen LogP contribution in [0.2, 0.25) is 0 Å². The largest absolute Gasteiger partial charge is 0.453 e. The van der Waals surface area contributed by atoms with Crippen molar-refractivity contribution in [2.75, 3.05) is 0 Å². The highest BCUT2D eigenvalue weighted by Crippen LogP contribution is 2.39. The lowest BCUT2D eigenvalue weighted by Gasteiger charge is -2.20. The number of aliphatic hydroxyl groups excluding tert-OH is 1. The van der Waals surface area contributed by atoms with Crippen LogP contribution in [-0.2, 0) is 19.7 Å². The maximum absolute atomic E-state index is 13.3. The molecular weight excluding hydrogens is 409 g/mol. The smallest absolute Gasteiger partial charge is 0.391 e. The Morgan fingerprint density at radius 3 is 2.15 bits per heavy atom. The van der Waals surface area contributed by atoms with Crippen LogP contribution in [0.1, 0.15) is 30.2 Å².